The lowest BCUT2D eigenvalue weighted by Gasteiger charge is -2.04. The molecular formula is C12H22O2. The first kappa shape index (κ1) is 11.7. The van der Waals surface area contributed by atoms with Crippen molar-refractivity contribution in [2.45, 2.75) is 40.7 Å². The molecule has 0 amide bonds. The van der Waals surface area contributed by atoms with Crippen molar-refractivity contribution in [1.82, 2.24) is 0 Å². The van der Waals surface area contributed by atoms with E-state index in [9.17, 15) is 9.90 Å². The quantitative estimate of drug-likeness (QED) is 0.751. The maximum Gasteiger partial charge on any atom is 0.139 e. The number of aliphatic hydroxyl groups is 1. The lowest BCUT2D eigenvalue weighted by Crippen LogP contribution is -2.14. The maximum atomic E-state index is 11.8. The third kappa shape index (κ3) is 2.00. The van der Waals surface area contributed by atoms with Gasteiger partial charge < -0.3 is 5.11 Å². The number of Topliss-reactive ketones (excluding diaryl/α,β-unsaturated/α-hetero) is 1. The Morgan fingerprint density at radius 3 is 1.79 bits per heavy atom. The Kier molecular flexibility index (Phi) is 3.36. The van der Waals surface area contributed by atoms with Crippen molar-refractivity contribution in [2.75, 3.05) is 0 Å². The van der Waals surface area contributed by atoms with Gasteiger partial charge in [0, 0.05) is 11.8 Å². The van der Waals surface area contributed by atoms with Gasteiger partial charge in [0.05, 0.1) is 6.10 Å². The molecule has 0 aromatic rings. The van der Waals surface area contributed by atoms with E-state index in [1.165, 1.54) is 0 Å². The predicted octanol–water partition coefficient (Wildman–Crippen LogP) is 2.11. The first-order valence-electron chi connectivity index (χ1n) is 5.59. The average Bonchev–Trinajstić information content (AvgIpc) is 2.76. The number of hydrogen-bond donors (Lipinski definition) is 1. The van der Waals surface area contributed by atoms with E-state index in [0.29, 0.717) is 17.6 Å². The molecule has 0 aromatic carbocycles. The van der Waals surface area contributed by atoms with Gasteiger partial charge in [-0.1, -0.05) is 27.7 Å². The highest BCUT2D eigenvalue weighted by Crippen LogP contribution is 2.54. The number of carbonyl (C=O) groups is 1. The number of ketones is 1. The number of aliphatic hydroxyl groups excluding tert-OH is 1. The molecular weight excluding hydrogens is 176 g/mol. The Bertz CT molecular complexity index is 204. The largest absolute Gasteiger partial charge is 0.393 e. The smallest absolute Gasteiger partial charge is 0.139 e. The van der Waals surface area contributed by atoms with Crippen molar-refractivity contribution in [3.63, 3.8) is 0 Å². The van der Waals surface area contributed by atoms with Gasteiger partial charge in [-0.05, 0) is 24.7 Å². The molecule has 0 bridgehead atoms. The van der Waals surface area contributed by atoms with Gasteiger partial charge in [0.2, 0.25) is 0 Å². The molecule has 0 spiro atoms. The summed E-state index contributed by atoms with van der Waals surface area (Å²) in [7, 11) is 0. The zero-order valence-electron chi connectivity index (χ0n) is 9.82. The third-order valence-electron chi connectivity index (χ3n) is 3.36. The third-order valence-corrected chi connectivity index (χ3v) is 3.36. The highest BCUT2D eigenvalue weighted by atomic mass is 16.3. The Labute approximate surface area is 86.7 Å². The van der Waals surface area contributed by atoms with Crippen LogP contribution in [0.1, 0.15) is 34.6 Å². The molecule has 0 saturated heterocycles. The minimum atomic E-state index is -0.338. The summed E-state index contributed by atoms with van der Waals surface area (Å²) in [4.78, 5) is 11.8. The van der Waals surface area contributed by atoms with Crippen LogP contribution in [0.2, 0.25) is 0 Å². The van der Waals surface area contributed by atoms with Crippen LogP contribution in [-0.4, -0.2) is 17.0 Å². The second-order valence-electron chi connectivity index (χ2n) is 5.22. The normalized spacial score (nSPS) is 33.6. The molecule has 2 heteroatoms. The first-order chi connectivity index (χ1) is 6.37. The van der Waals surface area contributed by atoms with Crippen LogP contribution < -0.4 is 0 Å². The molecule has 1 rings (SSSR count). The van der Waals surface area contributed by atoms with Gasteiger partial charge in [0.25, 0.3) is 0 Å². The van der Waals surface area contributed by atoms with E-state index in [1.807, 2.05) is 13.8 Å². The number of carbonyl (C=O) groups excluding carboxylic acids is 1. The fourth-order valence-corrected chi connectivity index (χ4v) is 2.60. The average molecular weight is 198 g/mol. The van der Waals surface area contributed by atoms with Crippen molar-refractivity contribution in [3.8, 4) is 0 Å². The van der Waals surface area contributed by atoms with Crippen LogP contribution >= 0.6 is 0 Å². The highest BCUT2D eigenvalue weighted by Gasteiger charge is 2.57. The molecule has 82 valence electrons. The van der Waals surface area contributed by atoms with Gasteiger partial charge >= 0.3 is 0 Å². The standard InChI is InChI=1S/C12H22O2/c1-6(2)9-10(8(5)13)11(9)12(14)7(3)4/h6-11,13H,1-5H3/t8-,9+,10-,11-/m1/s1. The molecule has 0 aromatic heterocycles. The molecule has 1 N–H and O–H groups in total. The van der Waals surface area contributed by atoms with Gasteiger partial charge in [0.15, 0.2) is 0 Å². The predicted molar refractivity (Wildman–Crippen MR) is 56.8 cm³/mol. The van der Waals surface area contributed by atoms with E-state index < -0.39 is 0 Å². The highest BCUT2D eigenvalue weighted by molar-refractivity contribution is 5.86. The number of hydrogen-bond acceptors (Lipinski definition) is 2. The SMILES string of the molecule is CC(C)C(=O)[C@@H]1[C@@H](C(C)C)[C@H]1[C@@H](C)O. The summed E-state index contributed by atoms with van der Waals surface area (Å²) in [5, 5.41) is 9.56. The zero-order chi connectivity index (χ0) is 11.0. The Morgan fingerprint density at radius 2 is 1.57 bits per heavy atom. The molecule has 0 unspecified atom stereocenters. The first-order valence-corrected chi connectivity index (χ1v) is 5.59. The summed E-state index contributed by atoms with van der Waals surface area (Å²) in [5.74, 6) is 1.67. The van der Waals surface area contributed by atoms with E-state index >= 15 is 0 Å². The summed E-state index contributed by atoms with van der Waals surface area (Å²) in [6.07, 6.45) is -0.338. The Morgan fingerprint density at radius 1 is 1.07 bits per heavy atom. The molecule has 1 aliphatic carbocycles. The zero-order valence-corrected chi connectivity index (χ0v) is 9.82. The fraction of sp³-hybridized carbons (Fsp3) is 0.917. The Hall–Kier alpha value is -0.370. The van der Waals surface area contributed by atoms with Crippen LogP contribution in [0.25, 0.3) is 0 Å². The van der Waals surface area contributed by atoms with Crippen LogP contribution in [0, 0.1) is 29.6 Å². The molecule has 14 heavy (non-hydrogen) atoms. The second-order valence-corrected chi connectivity index (χ2v) is 5.22. The van der Waals surface area contributed by atoms with E-state index in [0.717, 1.165) is 0 Å². The van der Waals surface area contributed by atoms with Gasteiger partial charge in [-0.25, -0.2) is 0 Å². The van der Waals surface area contributed by atoms with Crippen molar-refractivity contribution in [3.05, 3.63) is 0 Å². The molecule has 4 atom stereocenters. The van der Waals surface area contributed by atoms with Gasteiger partial charge in [-0.3, -0.25) is 4.79 Å². The monoisotopic (exact) mass is 198 g/mol. The van der Waals surface area contributed by atoms with Crippen LogP contribution in [-0.2, 0) is 4.79 Å². The second kappa shape index (κ2) is 4.01. The summed E-state index contributed by atoms with van der Waals surface area (Å²) < 4.78 is 0. The topological polar surface area (TPSA) is 37.3 Å². The number of rotatable bonds is 4. The van der Waals surface area contributed by atoms with Crippen molar-refractivity contribution >= 4 is 5.78 Å². The summed E-state index contributed by atoms with van der Waals surface area (Å²) in [6.45, 7) is 9.95. The molecule has 2 nitrogen and oxygen atoms in total. The fourth-order valence-electron chi connectivity index (χ4n) is 2.60. The molecule has 0 radical (unpaired) electrons. The molecule has 1 aliphatic rings. The molecule has 1 fully saturated rings. The van der Waals surface area contributed by atoms with E-state index in [2.05, 4.69) is 13.8 Å². The van der Waals surface area contributed by atoms with E-state index in [4.69, 9.17) is 0 Å². The van der Waals surface area contributed by atoms with Crippen molar-refractivity contribution < 1.29 is 9.90 Å². The molecule has 0 aliphatic heterocycles. The van der Waals surface area contributed by atoms with Gasteiger partial charge in [-0.15, -0.1) is 0 Å². The van der Waals surface area contributed by atoms with Gasteiger partial charge in [-0.2, -0.15) is 0 Å². The van der Waals surface area contributed by atoms with Crippen molar-refractivity contribution in [2.24, 2.45) is 29.6 Å². The Balaban J connectivity index is 2.67. The lowest BCUT2D eigenvalue weighted by molar-refractivity contribution is -0.124. The van der Waals surface area contributed by atoms with Crippen molar-refractivity contribution in [1.29, 1.82) is 0 Å². The maximum absolute atomic E-state index is 11.8. The van der Waals surface area contributed by atoms with Crippen LogP contribution in [0.3, 0.4) is 0 Å². The molecule has 1 saturated carbocycles. The summed E-state index contributed by atoms with van der Waals surface area (Å²) in [6, 6.07) is 0. The summed E-state index contributed by atoms with van der Waals surface area (Å²) >= 11 is 0. The van der Waals surface area contributed by atoms with Crippen LogP contribution in [0.4, 0.5) is 0 Å². The minimum Gasteiger partial charge on any atom is -0.393 e. The van der Waals surface area contributed by atoms with Crippen LogP contribution in [0.15, 0.2) is 0 Å². The summed E-state index contributed by atoms with van der Waals surface area (Å²) in [5.41, 5.74) is 0. The van der Waals surface area contributed by atoms with E-state index in [1.54, 1.807) is 6.92 Å². The minimum absolute atomic E-state index is 0.102. The lowest BCUT2D eigenvalue weighted by atomic mass is 10.00. The molecule has 0 heterocycles. The van der Waals surface area contributed by atoms with Crippen LogP contribution in [0.5, 0.6) is 0 Å². The van der Waals surface area contributed by atoms with E-state index in [-0.39, 0.29) is 23.9 Å². The van der Waals surface area contributed by atoms with Gasteiger partial charge in [0.1, 0.15) is 5.78 Å².